The van der Waals surface area contributed by atoms with E-state index in [9.17, 15) is 10.1 Å². The van der Waals surface area contributed by atoms with E-state index < -0.39 is 0 Å². The monoisotopic (exact) mass is 286 g/mol. The summed E-state index contributed by atoms with van der Waals surface area (Å²) in [5.41, 5.74) is 4.36. The first-order valence-corrected chi connectivity index (χ1v) is 6.96. The molecule has 0 radical (unpaired) electrons. The number of amides is 1. The molecule has 112 valence electrons. The van der Waals surface area contributed by atoms with Gasteiger partial charge in [0.2, 0.25) is 0 Å². The van der Waals surface area contributed by atoms with Crippen LogP contribution in [0.5, 0.6) is 0 Å². The Labute approximate surface area is 126 Å². The molecule has 0 atom stereocenters. The lowest BCUT2D eigenvalue weighted by atomic mass is 9.98. The van der Waals surface area contributed by atoms with E-state index in [1.54, 1.807) is 13.2 Å². The van der Waals surface area contributed by atoms with Crippen LogP contribution in [0.15, 0.2) is 17.7 Å². The van der Waals surface area contributed by atoms with Crippen LogP contribution in [-0.2, 0) is 9.53 Å². The summed E-state index contributed by atoms with van der Waals surface area (Å²) in [5, 5.41) is 11.9. The number of hydrogen-bond acceptors (Lipinski definition) is 3. The minimum atomic E-state index is -0.340. The van der Waals surface area contributed by atoms with E-state index in [1.807, 2.05) is 39.0 Å². The van der Waals surface area contributed by atoms with Crippen LogP contribution in [-0.4, -0.2) is 26.2 Å². The van der Waals surface area contributed by atoms with Gasteiger partial charge in [0.05, 0.1) is 0 Å². The molecule has 0 heterocycles. The molecule has 0 saturated heterocycles. The number of methoxy groups -OCH3 is 1. The molecule has 0 aliphatic carbocycles. The van der Waals surface area contributed by atoms with Crippen LogP contribution in [0.25, 0.3) is 6.08 Å². The maximum absolute atomic E-state index is 12.0. The topological polar surface area (TPSA) is 62.1 Å². The molecule has 0 saturated carbocycles. The Balaban J connectivity index is 2.90. The van der Waals surface area contributed by atoms with E-state index in [2.05, 4.69) is 5.32 Å². The molecule has 4 heteroatoms. The molecule has 0 aliphatic rings. The zero-order valence-electron chi connectivity index (χ0n) is 13.1. The third kappa shape index (κ3) is 5.05. The van der Waals surface area contributed by atoms with E-state index in [1.165, 1.54) is 5.56 Å². The summed E-state index contributed by atoms with van der Waals surface area (Å²) in [7, 11) is 1.62. The van der Waals surface area contributed by atoms with Crippen molar-refractivity contribution in [1.29, 1.82) is 5.26 Å². The number of nitrogens with zero attached hydrogens (tertiary/aromatic N) is 1. The van der Waals surface area contributed by atoms with Gasteiger partial charge in [0.15, 0.2) is 0 Å². The molecular weight excluding hydrogens is 264 g/mol. The second-order valence-corrected chi connectivity index (χ2v) is 5.08. The van der Waals surface area contributed by atoms with Crippen LogP contribution in [0, 0.1) is 32.1 Å². The van der Waals surface area contributed by atoms with Crippen molar-refractivity contribution in [2.45, 2.75) is 27.2 Å². The standard InChI is InChI=1S/C17H22N2O2/c1-12-8-13(2)16(14(3)9-12)10-15(11-18)17(20)19-6-5-7-21-4/h8-10H,5-7H2,1-4H3,(H,19,20)/b15-10+. The maximum atomic E-state index is 12.0. The van der Waals surface area contributed by atoms with Gasteiger partial charge in [-0.1, -0.05) is 17.7 Å². The molecule has 1 aromatic rings. The number of benzene rings is 1. The molecule has 0 aliphatic heterocycles. The lowest BCUT2D eigenvalue weighted by Gasteiger charge is -2.08. The van der Waals surface area contributed by atoms with Gasteiger partial charge in [-0.2, -0.15) is 5.26 Å². The lowest BCUT2D eigenvalue weighted by molar-refractivity contribution is -0.117. The van der Waals surface area contributed by atoms with Crippen molar-refractivity contribution in [2.75, 3.05) is 20.3 Å². The first-order valence-electron chi connectivity index (χ1n) is 6.96. The summed E-state index contributed by atoms with van der Waals surface area (Å²) in [5.74, 6) is -0.340. The predicted octanol–water partition coefficient (Wildman–Crippen LogP) is 2.67. The number of nitrogens with one attached hydrogen (secondary N) is 1. The quantitative estimate of drug-likeness (QED) is 0.497. The molecular formula is C17H22N2O2. The summed E-state index contributed by atoms with van der Waals surface area (Å²) in [4.78, 5) is 12.0. The van der Waals surface area contributed by atoms with Crippen LogP contribution in [0.4, 0.5) is 0 Å². The number of nitriles is 1. The Morgan fingerprint density at radius 1 is 1.33 bits per heavy atom. The number of hydrogen-bond donors (Lipinski definition) is 1. The van der Waals surface area contributed by atoms with Crippen molar-refractivity contribution >= 4 is 12.0 Å². The Morgan fingerprint density at radius 2 is 1.95 bits per heavy atom. The summed E-state index contributed by atoms with van der Waals surface area (Å²) >= 11 is 0. The molecule has 0 fully saturated rings. The zero-order valence-corrected chi connectivity index (χ0v) is 13.1. The number of carbonyl (C=O) groups excluding carboxylic acids is 1. The molecule has 1 rings (SSSR count). The van der Waals surface area contributed by atoms with Crippen LogP contribution >= 0.6 is 0 Å². The van der Waals surface area contributed by atoms with E-state index in [4.69, 9.17) is 4.74 Å². The highest BCUT2D eigenvalue weighted by atomic mass is 16.5. The first-order chi connectivity index (χ1) is 9.99. The largest absolute Gasteiger partial charge is 0.385 e. The fourth-order valence-corrected chi connectivity index (χ4v) is 2.23. The van der Waals surface area contributed by atoms with Crippen molar-refractivity contribution in [3.63, 3.8) is 0 Å². The van der Waals surface area contributed by atoms with Crippen molar-refractivity contribution in [2.24, 2.45) is 0 Å². The smallest absolute Gasteiger partial charge is 0.261 e. The average molecular weight is 286 g/mol. The van der Waals surface area contributed by atoms with Crippen LogP contribution in [0.1, 0.15) is 28.7 Å². The fourth-order valence-electron chi connectivity index (χ4n) is 2.23. The van der Waals surface area contributed by atoms with Gasteiger partial charge in [0, 0.05) is 20.3 Å². The summed E-state index contributed by atoms with van der Waals surface area (Å²) < 4.78 is 4.92. The van der Waals surface area contributed by atoms with Gasteiger partial charge >= 0.3 is 0 Å². The van der Waals surface area contributed by atoms with Crippen LogP contribution < -0.4 is 5.32 Å². The Hall–Kier alpha value is -2.12. The zero-order chi connectivity index (χ0) is 15.8. The minimum Gasteiger partial charge on any atom is -0.385 e. The summed E-state index contributed by atoms with van der Waals surface area (Å²) in [6.45, 7) is 7.08. The maximum Gasteiger partial charge on any atom is 0.261 e. The molecule has 0 bridgehead atoms. The number of carbonyl (C=O) groups is 1. The van der Waals surface area contributed by atoms with Gasteiger partial charge in [-0.25, -0.2) is 0 Å². The van der Waals surface area contributed by atoms with Gasteiger partial charge in [0.1, 0.15) is 11.6 Å². The van der Waals surface area contributed by atoms with Crippen LogP contribution in [0.2, 0.25) is 0 Å². The molecule has 1 amide bonds. The number of aryl methyl sites for hydroxylation is 3. The van der Waals surface area contributed by atoms with Crippen molar-refractivity contribution in [3.05, 3.63) is 40.0 Å². The average Bonchev–Trinajstić information content (AvgIpc) is 2.42. The molecule has 0 spiro atoms. The first kappa shape index (κ1) is 16.9. The summed E-state index contributed by atoms with van der Waals surface area (Å²) in [6.07, 6.45) is 2.39. The fraction of sp³-hybridized carbons (Fsp3) is 0.412. The third-order valence-electron chi connectivity index (χ3n) is 3.20. The van der Waals surface area contributed by atoms with Gasteiger partial charge in [-0.05, 0) is 50.0 Å². The van der Waals surface area contributed by atoms with E-state index in [0.29, 0.717) is 13.2 Å². The van der Waals surface area contributed by atoms with Crippen molar-refractivity contribution < 1.29 is 9.53 Å². The lowest BCUT2D eigenvalue weighted by Crippen LogP contribution is -2.26. The van der Waals surface area contributed by atoms with Crippen LogP contribution in [0.3, 0.4) is 0 Å². The second-order valence-electron chi connectivity index (χ2n) is 5.08. The number of rotatable bonds is 6. The van der Waals surface area contributed by atoms with Gasteiger partial charge in [-0.15, -0.1) is 0 Å². The van der Waals surface area contributed by atoms with E-state index in [0.717, 1.165) is 23.1 Å². The highest BCUT2D eigenvalue weighted by Crippen LogP contribution is 2.19. The van der Waals surface area contributed by atoms with E-state index >= 15 is 0 Å². The SMILES string of the molecule is COCCCNC(=O)/C(C#N)=C/c1c(C)cc(C)cc1C. The third-order valence-corrected chi connectivity index (χ3v) is 3.20. The summed E-state index contributed by atoms with van der Waals surface area (Å²) in [6, 6.07) is 6.07. The van der Waals surface area contributed by atoms with Crippen molar-refractivity contribution in [3.8, 4) is 6.07 Å². The Morgan fingerprint density at radius 3 is 2.48 bits per heavy atom. The molecule has 1 N–H and O–H groups in total. The minimum absolute atomic E-state index is 0.127. The predicted molar refractivity (Wildman–Crippen MR) is 83.7 cm³/mol. The molecule has 21 heavy (non-hydrogen) atoms. The van der Waals surface area contributed by atoms with Crippen molar-refractivity contribution in [1.82, 2.24) is 5.32 Å². The Kier molecular flexibility index (Phi) is 6.64. The van der Waals surface area contributed by atoms with Gasteiger partial charge in [0.25, 0.3) is 5.91 Å². The highest BCUT2D eigenvalue weighted by molar-refractivity contribution is 6.02. The molecule has 0 unspecified atom stereocenters. The molecule has 0 aromatic heterocycles. The Bertz CT molecular complexity index is 560. The highest BCUT2D eigenvalue weighted by Gasteiger charge is 2.10. The molecule has 4 nitrogen and oxygen atoms in total. The normalized spacial score (nSPS) is 11.1. The van der Waals surface area contributed by atoms with Gasteiger partial charge in [-0.3, -0.25) is 4.79 Å². The van der Waals surface area contributed by atoms with Gasteiger partial charge < -0.3 is 10.1 Å². The van der Waals surface area contributed by atoms with E-state index in [-0.39, 0.29) is 11.5 Å². The molecule has 1 aromatic carbocycles. The second kappa shape index (κ2) is 8.23. The number of ether oxygens (including phenoxy) is 1.